The van der Waals surface area contributed by atoms with Crippen LogP contribution in [0, 0.1) is 0 Å². The van der Waals surface area contributed by atoms with Crippen LogP contribution in [0.4, 0.5) is 0 Å². The number of methoxy groups -OCH3 is 2. The summed E-state index contributed by atoms with van der Waals surface area (Å²) in [6.45, 7) is -0.0145. The predicted octanol–water partition coefficient (Wildman–Crippen LogP) is -3.90. The van der Waals surface area contributed by atoms with Gasteiger partial charge in [-0.25, -0.2) is 0 Å². The van der Waals surface area contributed by atoms with Crippen molar-refractivity contribution in [1.29, 1.82) is 0 Å². The van der Waals surface area contributed by atoms with Crippen LogP contribution < -0.4 is 24.4 Å². The van der Waals surface area contributed by atoms with E-state index >= 15 is 0 Å². The second-order valence-corrected chi connectivity index (χ2v) is 13.6. The number of benzene rings is 2. The number of hydrogen-bond donors (Lipinski definition) is 12. The van der Waals surface area contributed by atoms with Crippen molar-refractivity contribution in [2.24, 2.45) is 0 Å². The first-order chi connectivity index (χ1) is 27.0. The molecule has 15 atom stereocenters. The average molecular weight is 817 g/mol. The molecular weight excluding hydrogens is 772 g/mol. The van der Waals surface area contributed by atoms with Crippen LogP contribution in [0.5, 0.6) is 34.5 Å². The van der Waals surface area contributed by atoms with Crippen molar-refractivity contribution in [3.8, 4) is 45.8 Å². The summed E-state index contributed by atoms with van der Waals surface area (Å²) in [6, 6.07) is 4.41. The van der Waals surface area contributed by atoms with Gasteiger partial charge in [-0.2, -0.15) is 0 Å². The maximum Gasteiger partial charge on any atom is 0.239 e. The topological polar surface area (TPSA) is 347 Å². The molecule has 0 spiro atoms. The van der Waals surface area contributed by atoms with E-state index in [1.54, 1.807) is 0 Å². The van der Waals surface area contributed by atoms with Gasteiger partial charge in [0.25, 0.3) is 0 Å². The highest BCUT2D eigenvalue weighted by Gasteiger charge is 2.48. The van der Waals surface area contributed by atoms with Gasteiger partial charge in [-0.15, -0.1) is 0 Å². The molecule has 3 saturated heterocycles. The molecule has 22 heteroatoms. The van der Waals surface area contributed by atoms with E-state index in [1.165, 1.54) is 33.3 Å². The molecule has 0 amide bonds. The highest BCUT2D eigenvalue weighted by molar-refractivity contribution is 5.88. The average Bonchev–Trinajstić information content (AvgIpc) is 3.19. The number of phenolic OH excluding ortho intramolecular Hbond substituents is 2. The number of aromatic hydroxyl groups is 2. The Kier molecular flexibility index (Phi) is 12.7. The first-order valence-corrected chi connectivity index (χ1v) is 17.4. The van der Waals surface area contributed by atoms with Gasteiger partial charge >= 0.3 is 0 Å². The lowest BCUT2D eigenvalue weighted by Gasteiger charge is -2.42. The van der Waals surface area contributed by atoms with E-state index in [4.69, 9.17) is 42.3 Å². The Hall–Kier alpha value is -4.11. The number of aliphatic hydroxyl groups excluding tert-OH is 10. The van der Waals surface area contributed by atoms with Crippen LogP contribution in [0.25, 0.3) is 22.3 Å². The van der Waals surface area contributed by atoms with E-state index in [0.29, 0.717) is 0 Å². The van der Waals surface area contributed by atoms with Gasteiger partial charge in [0.15, 0.2) is 23.5 Å². The minimum absolute atomic E-state index is 0.0701. The molecule has 57 heavy (non-hydrogen) atoms. The zero-order chi connectivity index (χ0) is 41.6. The molecular formula is C35H44O22. The molecule has 316 valence electrons. The predicted molar refractivity (Wildman–Crippen MR) is 184 cm³/mol. The van der Waals surface area contributed by atoms with Crippen molar-refractivity contribution in [1.82, 2.24) is 0 Å². The maximum absolute atomic E-state index is 14.3. The van der Waals surface area contributed by atoms with E-state index in [-0.39, 0.29) is 22.8 Å². The van der Waals surface area contributed by atoms with Gasteiger partial charge < -0.3 is 104 Å². The Balaban J connectivity index is 1.38. The van der Waals surface area contributed by atoms with Crippen LogP contribution in [0.3, 0.4) is 0 Å². The zero-order valence-electron chi connectivity index (χ0n) is 30.3. The van der Waals surface area contributed by atoms with Gasteiger partial charge in [0.05, 0.1) is 33.5 Å². The van der Waals surface area contributed by atoms with Crippen LogP contribution in [0.1, 0.15) is 6.92 Å². The van der Waals surface area contributed by atoms with E-state index in [0.717, 1.165) is 12.1 Å². The third kappa shape index (κ3) is 8.02. The quantitative estimate of drug-likeness (QED) is 0.0880. The lowest BCUT2D eigenvalue weighted by Crippen LogP contribution is -2.61. The summed E-state index contributed by atoms with van der Waals surface area (Å²) in [4.78, 5) is 14.3. The highest BCUT2D eigenvalue weighted by Crippen LogP contribution is 2.44. The first kappa shape index (κ1) is 42.5. The first-order valence-electron chi connectivity index (χ1n) is 17.4. The lowest BCUT2D eigenvalue weighted by atomic mass is 9.98. The Morgan fingerprint density at radius 3 is 1.79 bits per heavy atom. The number of ether oxygens (including phenoxy) is 8. The summed E-state index contributed by atoms with van der Waals surface area (Å²) in [5.41, 5.74) is -1.58. The van der Waals surface area contributed by atoms with Crippen molar-refractivity contribution in [3.05, 3.63) is 34.5 Å². The van der Waals surface area contributed by atoms with Gasteiger partial charge in [0.2, 0.25) is 29.5 Å². The summed E-state index contributed by atoms with van der Waals surface area (Å²) in [6.07, 6.45) is -25.2. The van der Waals surface area contributed by atoms with Gasteiger partial charge in [0.1, 0.15) is 89.6 Å². The minimum Gasteiger partial charge on any atom is -0.507 e. The van der Waals surface area contributed by atoms with Crippen LogP contribution in [0.2, 0.25) is 0 Å². The summed E-state index contributed by atoms with van der Waals surface area (Å²) in [5, 5.41) is 125. The Morgan fingerprint density at radius 1 is 0.649 bits per heavy atom. The summed E-state index contributed by atoms with van der Waals surface area (Å²) in [5.74, 6) is -3.14. The molecule has 0 saturated carbocycles. The smallest absolute Gasteiger partial charge is 0.239 e. The van der Waals surface area contributed by atoms with Crippen molar-refractivity contribution in [2.45, 2.75) is 99.0 Å². The standard InChI is InChI=1S/C35H44O22/c1-10-20(38)25(43)28(46)33(52-10)51-9-18-23(41)27(45)30(48)35(56-18)57-32-24(42)19-13(37)6-12(53-34-29(47)26(44)22(40)17(8-36)55-34)7-14(19)54-31(32)11-4-15(49-2)21(39)16(5-11)50-3/h4-7,10,17-18,20,22-23,25-30,33-41,43-48H,8-9H2,1-3H3/t10?,17?,18?,20-,22+,23+,25-,26-,27?,28?,29?,30?,33+,34+,35-/m0/s1. The Morgan fingerprint density at radius 2 is 1.19 bits per heavy atom. The van der Waals surface area contributed by atoms with Crippen molar-refractivity contribution < 1.29 is 104 Å². The third-order valence-electron chi connectivity index (χ3n) is 9.88. The van der Waals surface area contributed by atoms with Crippen LogP contribution in [-0.4, -0.2) is 181 Å². The van der Waals surface area contributed by atoms with Crippen LogP contribution in [-0.2, 0) is 18.9 Å². The Labute approximate surface area is 321 Å². The molecule has 2 aromatic carbocycles. The summed E-state index contributed by atoms with van der Waals surface area (Å²) < 4.78 is 50.1. The number of aliphatic hydroxyl groups is 10. The molecule has 22 nitrogen and oxygen atoms in total. The SMILES string of the molecule is COc1cc(-c2oc3cc(O[C@@H]4OC(CO)[C@@H](O)[C@H](O)C4O)cc(O)c3c(=O)c2O[C@@H]2OC(CO[C@@H]3OC(C)[C@H](O)[C@H](O)C3O)[C@@H](O)C(O)C2O)cc(OC)c1O. The molecule has 3 fully saturated rings. The molecule has 0 radical (unpaired) electrons. The fraction of sp³-hybridized carbons (Fsp3) is 0.571. The number of fused-ring (bicyclic) bond motifs is 1. The van der Waals surface area contributed by atoms with Gasteiger partial charge in [-0.1, -0.05) is 0 Å². The van der Waals surface area contributed by atoms with Gasteiger partial charge in [0, 0.05) is 17.7 Å². The molecule has 1 aromatic heterocycles. The van der Waals surface area contributed by atoms with Gasteiger partial charge in [-0.05, 0) is 19.1 Å². The second-order valence-electron chi connectivity index (χ2n) is 13.6. The molecule has 3 aliphatic heterocycles. The van der Waals surface area contributed by atoms with E-state index in [9.17, 15) is 66.1 Å². The molecule has 3 aromatic rings. The molecule has 4 heterocycles. The monoisotopic (exact) mass is 816 g/mol. The summed E-state index contributed by atoms with van der Waals surface area (Å²) >= 11 is 0. The van der Waals surface area contributed by atoms with E-state index < -0.39 is 145 Å². The normalized spacial score (nSPS) is 35.8. The third-order valence-corrected chi connectivity index (χ3v) is 9.88. The maximum atomic E-state index is 14.3. The Bertz CT molecular complexity index is 1910. The summed E-state index contributed by atoms with van der Waals surface area (Å²) in [7, 11) is 2.43. The zero-order valence-corrected chi connectivity index (χ0v) is 30.3. The molecule has 6 rings (SSSR count). The number of hydrogen-bond acceptors (Lipinski definition) is 22. The second kappa shape index (κ2) is 17.0. The van der Waals surface area contributed by atoms with E-state index in [2.05, 4.69) is 0 Å². The fourth-order valence-electron chi connectivity index (χ4n) is 6.55. The molecule has 7 unspecified atom stereocenters. The molecule has 0 bridgehead atoms. The molecule has 3 aliphatic rings. The van der Waals surface area contributed by atoms with Crippen molar-refractivity contribution >= 4 is 11.0 Å². The van der Waals surface area contributed by atoms with Crippen molar-refractivity contribution in [2.75, 3.05) is 27.4 Å². The number of rotatable bonds is 11. The number of phenols is 2. The highest BCUT2D eigenvalue weighted by atomic mass is 16.7. The molecule has 12 N–H and O–H groups in total. The largest absolute Gasteiger partial charge is 0.507 e. The van der Waals surface area contributed by atoms with Crippen molar-refractivity contribution in [3.63, 3.8) is 0 Å². The minimum atomic E-state index is -2.06. The fourth-order valence-corrected chi connectivity index (χ4v) is 6.55. The van der Waals surface area contributed by atoms with E-state index in [1.807, 2.05) is 0 Å². The van der Waals surface area contributed by atoms with Gasteiger partial charge in [-0.3, -0.25) is 4.79 Å². The van der Waals surface area contributed by atoms with Crippen LogP contribution >= 0.6 is 0 Å². The lowest BCUT2D eigenvalue weighted by molar-refractivity contribution is -0.318. The van der Waals surface area contributed by atoms with Crippen LogP contribution in [0.15, 0.2) is 33.5 Å². The molecule has 0 aliphatic carbocycles.